The highest BCUT2D eigenvalue weighted by molar-refractivity contribution is 6.16. The van der Waals surface area contributed by atoms with Crippen molar-refractivity contribution in [3.8, 4) is 5.75 Å². The Bertz CT molecular complexity index is 557. The smallest absolute Gasteiger partial charge is 0.124 e. The summed E-state index contributed by atoms with van der Waals surface area (Å²) in [6.45, 7) is 2.48. The molecule has 0 radical (unpaired) electrons. The molecule has 110 valence electrons. The van der Waals surface area contributed by atoms with E-state index in [1.54, 1.807) is 14.2 Å². The van der Waals surface area contributed by atoms with E-state index < -0.39 is 0 Å². The van der Waals surface area contributed by atoms with Crippen LogP contribution in [0.25, 0.3) is 11.0 Å². The lowest BCUT2D eigenvalue weighted by Gasteiger charge is -2.09. The minimum Gasteiger partial charge on any atom is -0.497 e. The quantitative estimate of drug-likeness (QED) is 0.555. The van der Waals surface area contributed by atoms with Gasteiger partial charge in [0.2, 0.25) is 0 Å². The number of halogens is 1. The standard InChI is InChI=1S/C14H19ClN2O3/c1-18-7-8-20-6-5-17-13-9-11(19-2)3-4-12(13)16-14(17)10-15/h3-4,9H,5-8,10H2,1-2H3. The van der Waals surface area contributed by atoms with Crippen LogP contribution in [0.3, 0.4) is 0 Å². The zero-order valence-corrected chi connectivity index (χ0v) is 12.5. The molecule has 0 saturated heterocycles. The van der Waals surface area contributed by atoms with Crippen LogP contribution in [-0.4, -0.2) is 43.6 Å². The highest BCUT2D eigenvalue weighted by atomic mass is 35.5. The van der Waals surface area contributed by atoms with Gasteiger partial charge in [0.25, 0.3) is 0 Å². The Morgan fingerprint density at radius 3 is 2.75 bits per heavy atom. The van der Waals surface area contributed by atoms with Crippen LogP contribution in [-0.2, 0) is 21.9 Å². The molecular weight excluding hydrogens is 280 g/mol. The summed E-state index contributed by atoms with van der Waals surface area (Å²) >= 11 is 5.96. The molecule has 1 heterocycles. The molecule has 0 aliphatic heterocycles. The van der Waals surface area contributed by atoms with E-state index in [0.717, 1.165) is 22.6 Å². The van der Waals surface area contributed by atoms with Crippen LogP contribution in [0.4, 0.5) is 0 Å². The Morgan fingerprint density at radius 1 is 1.20 bits per heavy atom. The lowest BCUT2D eigenvalue weighted by atomic mass is 10.3. The maximum Gasteiger partial charge on any atom is 0.124 e. The molecule has 2 rings (SSSR count). The average Bonchev–Trinajstić information content (AvgIpc) is 2.84. The molecule has 0 bridgehead atoms. The predicted octanol–water partition coefficient (Wildman–Crippen LogP) is 2.45. The Hall–Kier alpha value is -1.30. The summed E-state index contributed by atoms with van der Waals surface area (Å²) in [5.41, 5.74) is 1.92. The second kappa shape index (κ2) is 7.47. The first-order chi connectivity index (χ1) is 9.80. The number of hydrogen-bond donors (Lipinski definition) is 0. The van der Waals surface area contributed by atoms with Gasteiger partial charge in [-0.05, 0) is 12.1 Å². The van der Waals surface area contributed by atoms with Crippen molar-refractivity contribution < 1.29 is 14.2 Å². The van der Waals surface area contributed by atoms with Crippen molar-refractivity contribution in [2.75, 3.05) is 34.0 Å². The normalized spacial score (nSPS) is 11.2. The van der Waals surface area contributed by atoms with Gasteiger partial charge in [-0.3, -0.25) is 0 Å². The van der Waals surface area contributed by atoms with Gasteiger partial charge in [0.05, 0.1) is 43.8 Å². The average molecular weight is 299 g/mol. The van der Waals surface area contributed by atoms with Gasteiger partial charge in [0, 0.05) is 19.7 Å². The van der Waals surface area contributed by atoms with E-state index in [0.29, 0.717) is 32.2 Å². The Morgan fingerprint density at radius 2 is 2.05 bits per heavy atom. The Kier molecular flexibility index (Phi) is 5.64. The van der Waals surface area contributed by atoms with Crippen LogP contribution >= 0.6 is 11.6 Å². The molecule has 0 spiro atoms. The van der Waals surface area contributed by atoms with Crippen LogP contribution in [0.15, 0.2) is 18.2 Å². The van der Waals surface area contributed by atoms with E-state index >= 15 is 0 Å². The monoisotopic (exact) mass is 298 g/mol. The van der Waals surface area contributed by atoms with Crippen molar-refractivity contribution in [3.05, 3.63) is 24.0 Å². The molecular formula is C14H19ClN2O3. The number of methoxy groups -OCH3 is 2. The van der Waals surface area contributed by atoms with Crippen molar-refractivity contribution in [2.45, 2.75) is 12.4 Å². The van der Waals surface area contributed by atoms with E-state index in [9.17, 15) is 0 Å². The zero-order chi connectivity index (χ0) is 14.4. The maximum atomic E-state index is 5.96. The van der Waals surface area contributed by atoms with Gasteiger partial charge in [-0.1, -0.05) is 0 Å². The van der Waals surface area contributed by atoms with Gasteiger partial charge in [0.15, 0.2) is 0 Å². The van der Waals surface area contributed by atoms with Crippen LogP contribution in [0.2, 0.25) is 0 Å². The Labute approximate surface area is 123 Å². The Balaban J connectivity index is 2.16. The largest absolute Gasteiger partial charge is 0.497 e. The molecule has 0 fully saturated rings. The number of aromatic nitrogens is 2. The molecule has 5 nitrogen and oxygen atoms in total. The van der Waals surface area contributed by atoms with E-state index in [4.69, 9.17) is 25.8 Å². The van der Waals surface area contributed by atoms with Crippen LogP contribution < -0.4 is 4.74 Å². The fraction of sp³-hybridized carbons (Fsp3) is 0.500. The highest BCUT2D eigenvalue weighted by Crippen LogP contribution is 2.22. The molecule has 0 N–H and O–H groups in total. The number of alkyl halides is 1. The number of imidazole rings is 1. The third-order valence-corrected chi connectivity index (χ3v) is 3.28. The van der Waals surface area contributed by atoms with Gasteiger partial charge < -0.3 is 18.8 Å². The number of benzene rings is 1. The van der Waals surface area contributed by atoms with Gasteiger partial charge in [-0.2, -0.15) is 0 Å². The van der Waals surface area contributed by atoms with Crippen LogP contribution in [0.1, 0.15) is 5.82 Å². The summed E-state index contributed by atoms with van der Waals surface area (Å²) in [7, 11) is 3.31. The van der Waals surface area contributed by atoms with Crippen molar-refractivity contribution in [2.24, 2.45) is 0 Å². The summed E-state index contributed by atoms with van der Waals surface area (Å²) in [6, 6.07) is 5.80. The molecule has 6 heteroatoms. The first kappa shape index (κ1) is 15.1. The number of rotatable bonds is 8. The lowest BCUT2D eigenvalue weighted by Crippen LogP contribution is -2.11. The molecule has 1 aromatic carbocycles. The second-order valence-electron chi connectivity index (χ2n) is 4.27. The molecule has 0 aliphatic rings. The van der Waals surface area contributed by atoms with Gasteiger partial charge in [0.1, 0.15) is 11.6 Å². The number of nitrogens with zero attached hydrogens (tertiary/aromatic N) is 2. The zero-order valence-electron chi connectivity index (χ0n) is 11.8. The third kappa shape index (κ3) is 3.42. The molecule has 0 unspecified atom stereocenters. The maximum absolute atomic E-state index is 5.96. The number of fused-ring (bicyclic) bond motifs is 1. The lowest BCUT2D eigenvalue weighted by molar-refractivity contribution is 0.0667. The van der Waals surface area contributed by atoms with Crippen molar-refractivity contribution >= 4 is 22.6 Å². The third-order valence-electron chi connectivity index (χ3n) is 3.05. The van der Waals surface area contributed by atoms with E-state index in [1.165, 1.54) is 0 Å². The van der Waals surface area contributed by atoms with Gasteiger partial charge >= 0.3 is 0 Å². The summed E-state index contributed by atoms with van der Waals surface area (Å²) in [5.74, 6) is 2.01. The van der Waals surface area contributed by atoms with Gasteiger partial charge in [-0.25, -0.2) is 4.98 Å². The van der Waals surface area contributed by atoms with Crippen molar-refractivity contribution in [1.29, 1.82) is 0 Å². The fourth-order valence-corrected chi connectivity index (χ4v) is 2.24. The SMILES string of the molecule is COCCOCCn1c(CCl)nc2ccc(OC)cc21. The molecule has 2 aromatic rings. The van der Waals surface area contributed by atoms with Crippen LogP contribution in [0, 0.1) is 0 Å². The summed E-state index contributed by atoms with van der Waals surface area (Å²) in [5, 5.41) is 0. The molecule has 1 aromatic heterocycles. The summed E-state index contributed by atoms with van der Waals surface area (Å²) in [6.07, 6.45) is 0. The summed E-state index contributed by atoms with van der Waals surface area (Å²) in [4.78, 5) is 4.52. The highest BCUT2D eigenvalue weighted by Gasteiger charge is 2.10. The minimum atomic E-state index is 0.370. The molecule has 0 atom stereocenters. The topological polar surface area (TPSA) is 45.5 Å². The first-order valence-corrected chi connectivity index (χ1v) is 6.99. The van der Waals surface area contributed by atoms with E-state index in [1.807, 2.05) is 18.2 Å². The van der Waals surface area contributed by atoms with E-state index in [2.05, 4.69) is 9.55 Å². The fourth-order valence-electron chi connectivity index (χ4n) is 2.03. The predicted molar refractivity (Wildman–Crippen MR) is 78.5 cm³/mol. The number of ether oxygens (including phenoxy) is 3. The molecule has 0 aliphatic carbocycles. The van der Waals surface area contributed by atoms with E-state index in [-0.39, 0.29) is 0 Å². The number of hydrogen-bond acceptors (Lipinski definition) is 4. The van der Waals surface area contributed by atoms with Crippen LogP contribution in [0.5, 0.6) is 5.75 Å². The molecule has 0 amide bonds. The second-order valence-corrected chi connectivity index (χ2v) is 4.54. The molecule has 20 heavy (non-hydrogen) atoms. The van der Waals surface area contributed by atoms with Gasteiger partial charge in [-0.15, -0.1) is 11.6 Å². The summed E-state index contributed by atoms with van der Waals surface area (Å²) < 4.78 is 17.8. The van der Waals surface area contributed by atoms with Crippen molar-refractivity contribution in [1.82, 2.24) is 9.55 Å². The van der Waals surface area contributed by atoms with Crippen molar-refractivity contribution in [3.63, 3.8) is 0 Å². The first-order valence-electron chi connectivity index (χ1n) is 6.46. The minimum absolute atomic E-state index is 0.370. The molecule has 0 saturated carbocycles.